The fourth-order valence-corrected chi connectivity index (χ4v) is 8.15. The average molecular weight is 619 g/mol. The van der Waals surface area contributed by atoms with Gasteiger partial charge in [0.25, 0.3) is 0 Å². The molecule has 9 rings (SSSR count). The fourth-order valence-electron chi connectivity index (χ4n) is 6.85. The number of anilines is 3. The smallest absolute Gasteiger partial charge is 0.109 e. The van der Waals surface area contributed by atoms with Gasteiger partial charge < -0.3 is 4.90 Å². The number of para-hydroxylation sites is 3. The Balaban J connectivity index is 1.25. The Morgan fingerprint density at radius 2 is 0.957 bits per heavy atom. The van der Waals surface area contributed by atoms with Crippen molar-refractivity contribution in [2.75, 3.05) is 4.90 Å². The zero-order chi connectivity index (χ0) is 31.2. The summed E-state index contributed by atoms with van der Waals surface area (Å²) in [5.74, 6) is 0. The van der Waals surface area contributed by atoms with E-state index in [1.165, 1.54) is 59.3 Å². The summed E-state index contributed by atoms with van der Waals surface area (Å²) in [5, 5.41) is 1.28. The molecule has 0 amide bonds. The van der Waals surface area contributed by atoms with Gasteiger partial charge in [-0.05, 0) is 76.9 Å². The number of fused-ring (bicyclic) bond motifs is 5. The molecule has 7 aromatic carbocycles. The van der Waals surface area contributed by atoms with Gasteiger partial charge in [0.2, 0.25) is 0 Å². The zero-order valence-electron chi connectivity index (χ0n) is 25.6. The molecule has 0 fully saturated rings. The Morgan fingerprint density at radius 1 is 0.426 bits per heavy atom. The normalized spacial score (nSPS) is 11.4. The van der Waals surface area contributed by atoms with Crippen molar-refractivity contribution < 1.29 is 0 Å². The molecule has 0 unspecified atom stereocenters. The zero-order valence-corrected chi connectivity index (χ0v) is 26.4. The summed E-state index contributed by atoms with van der Waals surface area (Å²) in [6.07, 6.45) is 0. The van der Waals surface area contributed by atoms with Gasteiger partial charge in [-0.1, -0.05) is 127 Å². The van der Waals surface area contributed by atoms with Gasteiger partial charge in [-0.2, -0.15) is 0 Å². The first-order chi connectivity index (χ1) is 23.3. The number of nitrogens with zero attached hydrogens (tertiary/aromatic N) is 2. The molecule has 2 aromatic heterocycles. The van der Waals surface area contributed by atoms with E-state index in [0.29, 0.717) is 0 Å². The van der Waals surface area contributed by atoms with Crippen molar-refractivity contribution in [2.45, 2.75) is 0 Å². The van der Waals surface area contributed by atoms with Gasteiger partial charge in [-0.15, -0.1) is 11.3 Å². The maximum atomic E-state index is 2.49. The van der Waals surface area contributed by atoms with Crippen LogP contribution >= 0.6 is 11.3 Å². The maximum absolute atomic E-state index is 2.49. The van der Waals surface area contributed by atoms with Crippen LogP contribution in [0, 0.1) is 0 Å². The Labute approximate surface area is 278 Å². The summed E-state index contributed by atoms with van der Waals surface area (Å²) >= 11 is 1.88. The largest absolute Gasteiger partial charge is 0.311 e. The molecule has 2 nitrogen and oxygen atoms in total. The molecule has 0 aliphatic heterocycles. The van der Waals surface area contributed by atoms with Gasteiger partial charge >= 0.3 is 0 Å². The molecular weight excluding hydrogens is 589 g/mol. The van der Waals surface area contributed by atoms with Crippen molar-refractivity contribution in [1.82, 2.24) is 4.40 Å². The lowest BCUT2D eigenvalue weighted by Crippen LogP contribution is -2.09. The topological polar surface area (TPSA) is 7.65 Å². The molecule has 0 N–H and O–H groups in total. The summed E-state index contributed by atoms with van der Waals surface area (Å²) in [6.45, 7) is 0. The fraction of sp³-hybridized carbons (Fsp3) is 0. The van der Waals surface area contributed by atoms with Crippen LogP contribution in [0.4, 0.5) is 17.1 Å². The van der Waals surface area contributed by atoms with Gasteiger partial charge in [0.05, 0.1) is 15.7 Å². The van der Waals surface area contributed by atoms with Crippen molar-refractivity contribution in [2.24, 2.45) is 0 Å². The molecule has 0 atom stereocenters. The Morgan fingerprint density at radius 3 is 1.60 bits per heavy atom. The number of rotatable bonds is 6. The van der Waals surface area contributed by atoms with Crippen molar-refractivity contribution in [3.8, 4) is 33.4 Å². The van der Waals surface area contributed by atoms with E-state index in [2.05, 4.69) is 191 Å². The number of aromatic nitrogens is 1. The highest BCUT2D eigenvalue weighted by Crippen LogP contribution is 2.46. The third kappa shape index (κ3) is 4.72. The van der Waals surface area contributed by atoms with Crippen LogP contribution in [0.15, 0.2) is 182 Å². The minimum atomic E-state index is 1.12. The van der Waals surface area contributed by atoms with E-state index in [9.17, 15) is 0 Å². The minimum Gasteiger partial charge on any atom is -0.311 e. The Bertz CT molecular complexity index is 2440. The first-order valence-electron chi connectivity index (χ1n) is 15.9. The molecule has 9 aromatic rings. The molecule has 47 heavy (non-hydrogen) atoms. The first kappa shape index (κ1) is 27.4. The highest BCUT2D eigenvalue weighted by molar-refractivity contribution is 7.24. The lowest BCUT2D eigenvalue weighted by molar-refractivity contribution is 1.28. The Hall–Kier alpha value is -5.90. The van der Waals surface area contributed by atoms with Crippen LogP contribution in [0.3, 0.4) is 0 Å². The van der Waals surface area contributed by atoms with E-state index in [1.54, 1.807) is 0 Å². The van der Waals surface area contributed by atoms with Crippen molar-refractivity contribution in [1.29, 1.82) is 0 Å². The van der Waals surface area contributed by atoms with Gasteiger partial charge in [0.15, 0.2) is 0 Å². The van der Waals surface area contributed by atoms with E-state index in [1.807, 2.05) is 11.3 Å². The van der Waals surface area contributed by atoms with Gasteiger partial charge in [0, 0.05) is 33.6 Å². The second-order valence-corrected chi connectivity index (χ2v) is 12.8. The van der Waals surface area contributed by atoms with Crippen molar-refractivity contribution in [3.05, 3.63) is 182 Å². The highest BCUT2D eigenvalue weighted by atomic mass is 32.1. The van der Waals surface area contributed by atoms with Crippen LogP contribution in [0.1, 0.15) is 0 Å². The standard InChI is InChI=1S/C44H30N2S/c1-5-15-32(16-6-1)39-29-34(31-25-27-37(28-26-31)45(35-19-9-3-10-20-35)36-21-11-4-12-22-36)30-41-43(39)46-40-24-14-13-23-38(40)42(44(46)47-41)33-17-7-2-8-18-33/h1-30H. The quantitative estimate of drug-likeness (QED) is 0.180. The second kappa shape index (κ2) is 11.5. The van der Waals surface area contributed by atoms with Crippen molar-refractivity contribution >= 4 is 54.3 Å². The van der Waals surface area contributed by atoms with E-state index in [4.69, 9.17) is 0 Å². The summed E-state index contributed by atoms with van der Waals surface area (Å²) in [7, 11) is 0. The second-order valence-electron chi connectivity index (χ2n) is 11.8. The average Bonchev–Trinajstić information content (AvgIpc) is 3.68. The van der Waals surface area contributed by atoms with Crippen LogP contribution in [0.5, 0.6) is 0 Å². The molecule has 0 spiro atoms. The van der Waals surface area contributed by atoms with E-state index < -0.39 is 0 Å². The Kier molecular flexibility index (Phi) is 6.69. The van der Waals surface area contributed by atoms with Crippen LogP contribution in [0.2, 0.25) is 0 Å². The molecule has 2 heterocycles. The number of thiazole rings is 1. The molecule has 0 aliphatic rings. The lowest BCUT2D eigenvalue weighted by atomic mass is 9.97. The molecule has 0 radical (unpaired) electrons. The van der Waals surface area contributed by atoms with Crippen LogP contribution in [-0.4, -0.2) is 4.40 Å². The maximum Gasteiger partial charge on any atom is 0.109 e. The van der Waals surface area contributed by atoms with Gasteiger partial charge in [0.1, 0.15) is 4.83 Å². The molecule has 0 bridgehead atoms. The predicted octanol–water partition coefficient (Wildman–Crippen LogP) is 12.8. The summed E-state index contributed by atoms with van der Waals surface area (Å²) in [4.78, 5) is 3.58. The summed E-state index contributed by atoms with van der Waals surface area (Å²) in [6, 6.07) is 65.3. The molecule has 0 saturated carbocycles. The van der Waals surface area contributed by atoms with Crippen molar-refractivity contribution in [3.63, 3.8) is 0 Å². The van der Waals surface area contributed by atoms with Gasteiger partial charge in [-0.25, -0.2) is 0 Å². The third-order valence-corrected chi connectivity index (χ3v) is 10.1. The molecule has 222 valence electrons. The SMILES string of the molecule is c1ccc(-c2c3ccccc3n3c2sc2cc(-c4ccc(N(c5ccccc5)c5ccccc5)cc4)cc(-c4ccccc4)c23)cc1. The third-order valence-electron chi connectivity index (χ3n) is 8.97. The van der Waals surface area contributed by atoms with Crippen LogP contribution < -0.4 is 4.90 Å². The molecule has 0 saturated heterocycles. The predicted molar refractivity (Wildman–Crippen MR) is 201 cm³/mol. The van der Waals surface area contributed by atoms with E-state index in [0.717, 1.165) is 17.1 Å². The summed E-state index contributed by atoms with van der Waals surface area (Å²) < 4.78 is 3.77. The van der Waals surface area contributed by atoms with Gasteiger partial charge in [-0.3, -0.25) is 4.40 Å². The first-order valence-corrected chi connectivity index (χ1v) is 16.8. The van der Waals surface area contributed by atoms with E-state index in [-0.39, 0.29) is 0 Å². The minimum absolute atomic E-state index is 1.12. The van der Waals surface area contributed by atoms with Crippen LogP contribution in [0.25, 0.3) is 59.3 Å². The summed E-state index contributed by atoms with van der Waals surface area (Å²) in [5.41, 5.74) is 13.3. The number of hydrogen-bond acceptors (Lipinski definition) is 2. The number of hydrogen-bond donors (Lipinski definition) is 0. The highest BCUT2D eigenvalue weighted by Gasteiger charge is 2.21. The molecule has 3 heteroatoms. The van der Waals surface area contributed by atoms with E-state index >= 15 is 0 Å². The van der Waals surface area contributed by atoms with Crippen LogP contribution in [-0.2, 0) is 0 Å². The monoisotopic (exact) mass is 618 g/mol. The molecular formula is C44H30N2S. The number of benzene rings is 7. The lowest BCUT2D eigenvalue weighted by Gasteiger charge is -2.25. The molecule has 0 aliphatic carbocycles.